The first-order chi connectivity index (χ1) is 13.3. The Morgan fingerprint density at radius 2 is 2.07 bits per heavy atom. The first-order valence-electron chi connectivity index (χ1n) is 9.35. The molecule has 5 heteroatoms. The van der Waals surface area contributed by atoms with E-state index in [-0.39, 0.29) is 0 Å². The van der Waals surface area contributed by atoms with E-state index in [1.165, 1.54) is 11.1 Å². The molecular weight excluding hydrogens is 336 g/mol. The highest BCUT2D eigenvalue weighted by molar-refractivity contribution is 5.83. The molecule has 0 radical (unpaired) electrons. The zero-order valence-electron chi connectivity index (χ0n) is 15.5. The number of aromatic nitrogens is 1. The number of nitrogens with one attached hydrogen (secondary N) is 2. The Hall–Kier alpha value is -3.08. The first kappa shape index (κ1) is 17.3. The molecule has 0 atom stereocenters. The minimum Gasteiger partial charge on any atom is -0.493 e. The molecule has 4 rings (SSSR count). The molecule has 0 fully saturated rings. The molecule has 0 aliphatic carbocycles. The molecule has 5 nitrogen and oxygen atoms in total. The number of benzene rings is 2. The molecule has 0 amide bonds. The summed E-state index contributed by atoms with van der Waals surface area (Å²) in [6.45, 7) is 2.31. The van der Waals surface area contributed by atoms with Crippen LogP contribution < -0.4 is 15.4 Å². The Labute approximate surface area is 159 Å². The summed E-state index contributed by atoms with van der Waals surface area (Å²) in [6.07, 6.45) is 3.79. The molecule has 1 aliphatic heterocycles. The van der Waals surface area contributed by atoms with Crippen LogP contribution in [0.15, 0.2) is 59.7 Å². The molecule has 0 saturated heterocycles. The summed E-state index contributed by atoms with van der Waals surface area (Å²) >= 11 is 0. The van der Waals surface area contributed by atoms with Gasteiger partial charge in [0.15, 0.2) is 5.96 Å². The number of ether oxygens (including phenoxy) is 1. The number of hydrogen-bond donors (Lipinski definition) is 2. The Balaban J connectivity index is 1.32. The molecule has 0 unspecified atom stereocenters. The van der Waals surface area contributed by atoms with Gasteiger partial charge in [-0.3, -0.25) is 9.98 Å². The van der Waals surface area contributed by atoms with Crippen molar-refractivity contribution < 1.29 is 4.74 Å². The lowest BCUT2D eigenvalue weighted by Gasteiger charge is -2.13. The molecule has 2 N–H and O–H groups in total. The molecule has 3 aromatic rings. The van der Waals surface area contributed by atoms with Crippen molar-refractivity contribution in [2.75, 3.05) is 20.2 Å². The topological polar surface area (TPSA) is 58.5 Å². The number of rotatable bonds is 5. The SMILES string of the molecule is CN=C(NCCc1ccc2c(c1)CCO2)NCc1cccc2cccnc12. The second kappa shape index (κ2) is 8.08. The number of para-hydroxylation sites is 1. The van der Waals surface area contributed by atoms with Crippen molar-refractivity contribution in [3.8, 4) is 5.75 Å². The molecule has 1 aromatic heterocycles. The Bertz CT molecular complexity index is 962. The van der Waals surface area contributed by atoms with Crippen molar-refractivity contribution >= 4 is 16.9 Å². The summed E-state index contributed by atoms with van der Waals surface area (Å²) in [6, 6.07) is 16.8. The molecule has 2 heterocycles. The lowest BCUT2D eigenvalue weighted by molar-refractivity contribution is 0.357. The van der Waals surface area contributed by atoms with Crippen LogP contribution in [0.5, 0.6) is 5.75 Å². The zero-order valence-corrected chi connectivity index (χ0v) is 15.5. The Morgan fingerprint density at radius 3 is 3.00 bits per heavy atom. The van der Waals surface area contributed by atoms with E-state index >= 15 is 0 Å². The summed E-state index contributed by atoms with van der Waals surface area (Å²) in [7, 11) is 1.80. The smallest absolute Gasteiger partial charge is 0.191 e. The van der Waals surface area contributed by atoms with Crippen LogP contribution in [0.3, 0.4) is 0 Å². The van der Waals surface area contributed by atoms with Gasteiger partial charge in [-0.05, 0) is 35.2 Å². The largest absolute Gasteiger partial charge is 0.493 e. The van der Waals surface area contributed by atoms with Crippen molar-refractivity contribution in [1.82, 2.24) is 15.6 Å². The maximum Gasteiger partial charge on any atom is 0.191 e. The highest BCUT2D eigenvalue weighted by atomic mass is 16.5. The zero-order chi connectivity index (χ0) is 18.5. The van der Waals surface area contributed by atoms with Gasteiger partial charge >= 0.3 is 0 Å². The van der Waals surface area contributed by atoms with E-state index < -0.39 is 0 Å². The number of aliphatic imine (C=N–C) groups is 1. The lowest BCUT2D eigenvalue weighted by atomic mass is 10.1. The summed E-state index contributed by atoms with van der Waals surface area (Å²) in [5.74, 6) is 1.83. The van der Waals surface area contributed by atoms with Crippen LogP contribution in [0.2, 0.25) is 0 Å². The van der Waals surface area contributed by atoms with Gasteiger partial charge in [-0.2, -0.15) is 0 Å². The number of nitrogens with zero attached hydrogens (tertiary/aromatic N) is 2. The maximum atomic E-state index is 5.57. The van der Waals surface area contributed by atoms with Crippen molar-refractivity contribution in [2.45, 2.75) is 19.4 Å². The van der Waals surface area contributed by atoms with Gasteiger partial charge in [0.25, 0.3) is 0 Å². The highest BCUT2D eigenvalue weighted by Crippen LogP contribution is 2.25. The Kier molecular flexibility index (Phi) is 5.19. The maximum absolute atomic E-state index is 5.57. The summed E-state index contributed by atoms with van der Waals surface area (Å²) in [4.78, 5) is 8.83. The third kappa shape index (κ3) is 4.03. The van der Waals surface area contributed by atoms with Crippen molar-refractivity contribution in [2.24, 2.45) is 4.99 Å². The highest BCUT2D eigenvalue weighted by Gasteiger charge is 2.11. The number of hydrogen-bond acceptors (Lipinski definition) is 3. The fourth-order valence-electron chi connectivity index (χ4n) is 3.43. The second-order valence-corrected chi connectivity index (χ2v) is 6.64. The van der Waals surface area contributed by atoms with E-state index in [9.17, 15) is 0 Å². The van der Waals surface area contributed by atoms with Crippen LogP contribution in [0.4, 0.5) is 0 Å². The van der Waals surface area contributed by atoms with Gasteiger partial charge < -0.3 is 15.4 Å². The fraction of sp³-hybridized carbons (Fsp3) is 0.273. The quantitative estimate of drug-likeness (QED) is 0.542. The van der Waals surface area contributed by atoms with Gasteiger partial charge in [-0.1, -0.05) is 36.4 Å². The van der Waals surface area contributed by atoms with Crippen molar-refractivity contribution in [3.05, 3.63) is 71.4 Å². The van der Waals surface area contributed by atoms with Gasteiger partial charge in [0.1, 0.15) is 5.75 Å². The van der Waals surface area contributed by atoms with Gasteiger partial charge in [-0.15, -0.1) is 0 Å². The molecule has 0 saturated carbocycles. The van der Waals surface area contributed by atoms with Crippen LogP contribution in [-0.2, 0) is 19.4 Å². The van der Waals surface area contributed by atoms with E-state index in [4.69, 9.17) is 4.74 Å². The summed E-state index contributed by atoms with van der Waals surface area (Å²) in [5.41, 5.74) is 4.83. The molecule has 27 heavy (non-hydrogen) atoms. The first-order valence-corrected chi connectivity index (χ1v) is 9.35. The number of guanidine groups is 1. The van der Waals surface area contributed by atoms with Gasteiger partial charge in [0, 0.05) is 38.1 Å². The van der Waals surface area contributed by atoms with Gasteiger partial charge in [0.05, 0.1) is 12.1 Å². The van der Waals surface area contributed by atoms with Crippen LogP contribution in [0.1, 0.15) is 16.7 Å². The van der Waals surface area contributed by atoms with Crippen LogP contribution >= 0.6 is 0 Å². The van der Waals surface area contributed by atoms with E-state index in [1.54, 1.807) is 7.05 Å². The van der Waals surface area contributed by atoms with Crippen LogP contribution in [0.25, 0.3) is 10.9 Å². The lowest BCUT2D eigenvalue weighted by Crippen LogP contribution is -2.37. The standard InChI is InChI=1S/C22H24N4O/c1-23-22(25-12-9-16-7-8-20-18(14-16)10-13-27-20)26-15-19-5-2-4-17-6-3-11-24-21(17)19/h2-8,11,14H,9-10,12-13,15H2,1H3,(H2,23,25,26). The summed E-state index contributed by atoms with van der Waals surface area (Å²) in [5, 5.41) is 7.93. The number of fused-ring (bicyclic) bond motifs is 2. The van der Waals surface area contributed by atoms with Crippen molar-refractivity contribution in [3.63, 3.8) is 0 Å². The van der Waals surface area contributed by atoms with Gasteiger partial charge in [-0.25, -0.2) is 0 Å². The average Bonchev–Trinajstić information content (AvgIpc) is 3.18. The van der Waals surface area contributed by atoms with Gasteiger partial charge in [0.2, 0.25) is 0 Å². The fourth-order valence-corrected chi connectivity index (χ4v) is 3.43. The minimum atomic E-state index is 0.685. The van der Waals surface area contributed by atoms with E-state index in [0.29, 0.717) is 6.54 Å². The second-order valence-electron chi connectivity index (χ2n) is 6.64. The minimum absolute atomic E-state index is 0.685. The van der Waals surface area contributed by atoms with Crippen LogP contribution in [0, 0.1) is 0 Å². The molecule has 1 aliphatic rings. The predicted molar refractivity (Wildman–Crippen MR) is 109 cm³/mol. The third-order valence-corrected chi connectivity index (χ3v) is 4.85. The van der Waals surface area contributed by atoms with E-state index in [1.807, 2.05) is 12.3 Å². The van der Waals surface area contributed by atoms with Crippen molar-refractivity contribution in [1.29, 1.82) is 0 Å². The third-order valence-electron chi connectivity index (χ3n) is 4.85. The molecule has 2 aromatic carbocycles. The normalized spacial score (nSPS) is 13.3. The molecule has 0 spiro atoms. The molecular formula is C22H24N4O. The average molecular weight is 360 g/mol. The molecule has 138 valence electrons. The van der Waals surface area contributed by atoms with E-state index in [0.717, 1.165) is 54.2 Å². The Morgan fingerprint density at radius 1 is 1.15 bits per heavy atom. The summed E-state index contributed by atoms with van der Waals surface area (Å²) < 4.78 is 5.57. The molecule has 0 bridgehead atoms. The monoisotopic (exact) mass is 360 g/mol. The van der Waals surface area contributed by atoms with E-state index in [2.05, 4.69) is 63.1 Å². The number of pyridine rings is 1. The van der Waals surface area contributed by atoms with Crippen LogP contribution in [-0.4, -0.2) is 31.1 Å². The predicted octanol–water partition coefficient (Wildman–Crippen LogP) is 3.08.